The van der Waals surface area contributed by atoms with Gasteiger partial charge in [0.05, 0.1) is 5.88 Å². The zero-order valence-corrected chi connectivity index (χ0v) is 18.1. The molecule has 0 radical (unpaired) electrons. The van der Waals surface area contributed by atoms with Crippen LogP contribution in [0, 0.1) is 0 Å². The fourth-order valence-electron chi connectivity index (χ4n) is 3.47. The predicted octanol–water partition coefficient (Wildman–Crippen LogP) is 3.89. The van der Waals surface area contributed by atoms with Crippen molar-refractivity contribution < 1.29 is 8.78 Å². The molecular weight excluding hydrogens is 416 g/mol. The van der Waals surface area contributed by atoms with E-state index in [1.165, 1.54) is 17.5 Å². The molecule has 0 spiro atoms. The number of nitrogens with zero attached hydrogens (tertiary/aromatic N) is 5. The van der Waals surface area contributed by atoms with Gasteiger partial charge < -0.3 is 9.80 Å². The second kappa shape index (κ2) is 10.7. The number of alkyl halides is 2. The summed E-state index contributed by atoms with van der Waals surface area (Å²) < 4.78 is 31.0. The highest BCUT2D eigenvalue weighted by Crippen LogP contribution is 2.28. The minimum absolute atomic E-state index is 0.149. The maximum absolute atomic E-state index is 13.3. The highest BCUT2D eigenvalue weighted by Gasteiger charge is 2.34. The summed E-state index contributed by atoms with van der Waals surface area (Å²) in [5.74, 6) is -1.33. The molecule has 160 valence electrons. The normalized spacial score (nSPS) is 21.3. The first-order valence-electron chi connectivity index (χ1n) is 9.94. The molecule has 0 atom stereocenters. The third-order valence-corrected chi connectivity index (χ3v) is 6.43. The van der Waals surface area contributed by atoms with E-state index in [1.807, 2.05) is 12.1 Å². The van der Waals surface area contributed by atoms with Gasteiger partial charge >= 0.3 is 0 Å². The van der Waals surface area contributed by atoms with E-state index in [2.05, 4.69) is 38.0 Å². The summed E-state index contributed by atoms with van der Waals surface area (Å²) in [7, 11) is 0. The van der Waals surface area contributed by atoms with E-state index < -0.39 is 5.92 Å². The molecule has 29 heavy (non-hydrogen) atoms. The van der Waals surface area contributed by atoms with Crippen molar-refractivity contribution in [2.75, 3.05) is 51.7 Å². The number of rotatable bonds is 6. The summed E-state index contributed by atoms with van der Waals surface area (Å²) in [4.78, 5) is 10.6. The van der Waals surface area contributed by atoms with Crippen LogP contribution >= 0.6 is 23.5 Å². The first-order valence-corrected chi connectivity index (χ1v) is 11.3. The van der Waals surface area contributed by atoms with Crippen molar-refractivity contribution >= 4 is 36.2 Å². The van der Waals surface area contributed by atoms with Crippen LogP contribution in [0.5, 0.6) is 0 Å². The van der Waals surface area contributed by atoms with E-state index in [-0.39, 0.29) is 25.9 Å². The number of likely N-dealkylation sites (tertiary alicyclic amines) is 1. The maximum Gasteiger partial charge on any atom is 0.251 e. The Morgan fingerprint density at radius 3 is 2.28 bits per heavy atom. The largest absolute Gasteiger partial charge is 0.340 e. The average molecular weight is 444 g/mol. The quantitative estimate of drug-likeness (QED) is 0.379. The monoisotopic (exact) mass is 443 g/mol. The van der Waals surface area contributed by atoms with Gasteiger partial charge in [-0.05, 0) is 42.8 Å². The Morgan fingerprint density at radius 2 is 1.66 bits per heavy atom. The molecule has 9 heteroatoms. The molecule has 2 fully saturated rings. The Morgan fingerprint density at radius 1 is 1.03 bits per heavy atom. The zero-order valence-electron chi connectivity index (χ0n) is 16.6. The fraction of sp³-hybridized carbons (Fsp3) is 0.600. The van der Waals surface area contributed by atoms with Crippen molar-refractivity contribution in [3.63, 3.8) is 0 Å². The Labute approximate surface area is 180 Å². The molecule has 0 saturated carbocycles. The van der Waals surface area contributed by atoms with Crippen molar-refractivity contribution in [2.45, 2.75) is 25.2 Å². The number of aliphatic imine (C=N–C) groups is 1. The van der Waals surface area contributed by atoms with Crippen LogP contribution in [0.2, 0.25) is 5.02 Å². The van der Waals surface area contributed by atoms with Crippen LogP contribution in [-0.4, -0.2) is 85.0 Å². The van der Waals surface area contributed by atoms with E-state index >= 15 is 0 Å². The average Bonchev–Trinajstić information content (AvgIpc) is 2.72. The van der Waals surface area contributed by atoms with E-state index in [1.54, 1.807) is 4.90 Å². The fourth-order valence-corrected chi connectivity index (χ4v) is 4.36. The van der Waals surface area contributed by atoms with Gasteiger partial charge in [-0.15, -0.1) is 0 Å². The number of guanidine groups is 1. The van der Waals surface area contributed by atoms with Crippen molar-refractivity contribution in [3.8, 4) is 0 Å². The first kappa shape index (κ1) is 22.5. The smallest absolute Gasteiger partial charge is 0.251 e. The van der Waals surface area contributed by atoms with Gasteiger partial charge in [0, 0.05) is 63.7 Å². The van der Waals surface area contributed by atoms with Gasteiger partial charge in [-0.3, -0.25) is 4.90 Å². The lowest BCUT2D eigenvalue weighted by Crippen LogP contribution is -2.46. The van der Waals surface area contributed by atoms with Crippen LogP contribution in [0.4, 0.5) is 8.78 Å². The molecule has 2 saturated heterocycles. The van der Waals surface area contributed by atoms with Gasteiger partial charge in [-0.1, -0.05) is 23.7 Å². The molecule has 2 aliphatic rings. The van der Waals surface area contributed by atoms with E-state index in [4.69, 9.17) is 11.6 Å². The maximum atomic E-state index is 13.3. The van der Waals surface area contributed by atoms with Crippen molar-refractivity contribution in [3.05, 3.63) is 34.9 Å². The summed E-state index contributed by atoms with van der Waals surface area (Å²) in [5, 5.41) is 0.774. The number of piperazine rings is 1. The van der Waals surface area contributed by atoms with Crippen LogP contribution in [0.15, 0.2) is 33.7 Å². The van der Waals surface area contributed by atoms with E-state index in [0.717, 1.165) is 50.0 Å². The lowest BCUT2D eigenvalue weighted by molar-refractivity contribution is -0.0435. The topological polar surface area (TPSA) is 34.4 Å². The molecule has 0 amide bonds. The lowest BCUT2D eigenvalue weighted by Gasteiger charge is -2.34. The Hall–Kier alpha value is -1.22. The number of halogens is 3. The minimum Gasteiger partial charge on any atom is -0.340 e. The van der Waals surface area contributed by atoms with Crippen LogP contribution in [0.3, 0.4) is 0 Å². The number of hydrogen-bond acceptors (Lipinski definition) is 4. The predicted molar refractivity (Wildman–Crippen MR) is 118 cm³/mol. The van der Waals surface area contributed by atoms with Gasteiger partial charge in [0.15, 0.2) is 0 Å². The summed E-state index contributed by atoms with van der Waals surface area (Å²) in [6, 6.07) is 8.05. The molecule has 3 rings (SSSR count). The molecule has 0 unspecified atom stereocenters. The minimum atomic E-state index is -2.57. The van der Waals surface area contributed by atoms with Crippen molar-refractivity contribution in [1.29, 1.82) is 0 Å². The number of hydrogen-bond donors (Lipinski definition) is 0. The highest BCUT2D eigenvalue weighted by atomic mass is 35.5. The summed E-state index contributed by atoms with van der Waals surface area (Å²) in [6.45, 7) is 9.20. The van der Waals surface area contributed by atoms with Crippen molar-refractivity contribution in [1.82, 2.24) is 14.7 Å². The second-order valence-electron chi connectivity index (χ2n) is 7.49. The van der Waals surface area contributed by atoms with Gasteiger partial charge in [-0.25, -0.2) is 13.8 Å². The summed E-state index contributed by atoms with van der Waals surface area (Å²) in [5.41, 5.74) is 1.31. The molecule has 0 aliphatic carbocycles. The molecule has 5 nitrogen and oxygen atoms in total. The third-order valence-electron chi connectivity index (χ3n) is 5.40. The third kappa shape index (κ3) is 7.20. The molecule has 2 aliphatic heterocycles. The molecule has 1 aromatic rings. The Kier molecular flexibility index (Phi) is 8.29. The lowest BCUT2D eigenvalue weighted by atomic mass is 10.1. The van der Waals surface area contributed by atoms with E-state index in [0.29, 0.717) is 5.96 Å². The zero-order chi connectivity index (χ0) is 20.7. The second-order valence-corrected chi connectivity index (χ2v) is 8.62. The van der Waals surface area contributed by atoms with Crippen LogP contribution in [0.25, 0.3) is 0 Å². The standard InChI is InChI=1S/C20H28ClF2N5S/c1-24-19(28-10-7-20(22,23)8-11-28)25-29-16-27-14-12-26(13-15-27)9-6-17-2-4-18(21)5-3-17/h2-5H,1,6-16H2/b25-19+. The molecule has 2 heterocycles. The van der Waals surface area contributed by atoms with Gasteiger partial charge in [-0.2, -0.15) is 4.40 Å². The molecule has 1 aromatic carbocycles. The van der Waals surface area contributed by atoms with Crippen LogP contribution < -0.4 is 0 Å². The molecular formula is C20H28ClF2N5S. The highest BCUT2D eigenvalue weighted by molar-refractivity contribution is 7.98. The summed E-state index contributed by atoms with van der Waals surface area (Å²) in [6.07, 6.45) is 0.730. The first-order chi connectivity index (χ1) is 13.9. The van der Waals surface area contributed by atoms with E-state index in [9.17, 15) is 8.78 Å². The van der Waals surface area contributed by atoms with Gasteiger partial charge in [0.25, 0.3) is 5.92 Å². The Balaban J connectivity index is 1.35. The van der Waals surface area contributed by atoms with Crippen LogP contribution in [-0.2, 0) is 6.42 Å². The van der Waals surface area contributed by atoms with Crippen LogP contribution in [0.1, 0.15) is 18.4 Å². The number of benzene rings is 1. The molecule has 0 N–H and O–H groups in total. The summed E-state index contributed by atoms with van der Waals surface area (Å²) >= 11 is 7.35. The van der Waals surface area contributed by atoms with Gasteiger partial charge in [0.1, 0.15) is 0 Å². The SMILES string of the molecule is C=N/C(=N\SCN1CCN(CCc2ccc(Cl)cc2)CC1)N1CCC(F)(F)CC1. The molecule has 0 bridgehead atoms. The number of piperidine rings is 1. The molecule has 0 aromatic heterocycles. The Bertz CT molecular complexity index is 683. The van der Waals surface area contributed by atoms with Gasteiger partial charge in [0.2, 0.25) is 5.96 Å². The van der Waals surface area contributed by atoms with Crippen molar-refractivity contribution in [2.24, 2.45) is 9.39 Å².